The van der Waals surface area contributed by atoms with E-state index in [1.807, 2.05) is 12.4 Å². The molecule has 4 rings (SSSR count). The van der Waals surface area contributed by atoms with Crippen molar-refractivity contribution < 1.29 is 0 Å². The molecule has 4 nitrogen and oxygen atoms in total. The van der Waals surface area contributed by atoms with Crippen LogP contribution < -0.4 is 0 Å². The van der Waals surface area contributed by atoms with Gasteiger partial charge in [-0.1, -0.05) is 29.8 Å². The zero-order valence-corrected chi connectivity index (χ0v) is 15.6. The molecule has 0 radical (unpaired) electrons. The second kappa shape index (κ2) is 6.93. The maximum Gasteiger partial charge on any atom is 0.122 e. The number of likely N-dealkylation sites (tertiary alicyclic amines) is 2. The number of hydrogen-bond acceptors (Lipinski definition) is 3. The standard InChI is InChI=1S/C21H30N4/c1-18-5-3-6-19(13-18)14-24-10-4-7-21(16-24)8-11-25(17-21)15-20-22-9-12-23(20)2/h3,5-6,9,12-13H,4,7-8,10-11,14-17H2,1-2H3. The molecule has 3 heterocycles. The molecule has 1 aromatic carbocycles. The molecule has 0 bridgehead atoms. The van der Waals surface area contributed by atoms with Gasteiger partial charge in [0.25, 0.3) is 0 Å². The Hall–Kier alpha value is -1.65. The van der Waals surface area contributed by atoms with Gasteiger partial charge in [0.15, 0.2) is 0 Å². The highest BCUT2D eigenvalue weighted by Gasteiger charge is 2.41. The highest BCUT2D eigenvalue weighted by molar-refractivity contribution is 5.22. The number of rotatable bonds is 4. The van der Waals surface area contributed by atoms with Crippen molar-refractivity contribution in [1.82, 2.24) is 19.4 Å². The summed E-state index contributed by atoms with van der Waals surface area (Å²) in [7, 11) is 2.10. The highest BCUT2D eigenvalue weighted by Crippen LogP contribution is 2.39. The van der Waals surface area contributed by atoms with E-state index in [1.165, 1.54) is 62.4 Å². The molecule has 1 aromatic heterocycles. The summed E-state index contributed by atoms with van der Waals surface area (Å²) in [4.78, 5) is 9.80. The smallest absolute Gasteiger partial charge is 0.122 e. The van der Waals surface area contributed by atoms with Crippen molar-refractivity contribution in [2.75, 3.05) is 26.2 Å². The zero-order chi connectivity index (χ0) is 17.3. The summed E-state index contributed by atoms with van der Waals surface area (Å²) in [5.41, 5.74) is 3.32. The largest absolute Gasteiger partial charge is 0.337 e. The molecule has 4 heteroatoms. The number of aromatic nitrogens is 2. The molecule has 0 N–H and O–H groups in total. The predicted molar refractivity (Wildman–Crippen MR) is 101 cm³/mol. The third-order valence-corrected chi connectivity index (χ3v) is 6.03. The van der Waals surface area contributed by atoms with Gasteiger partial charge in [0.05, 0.1) is 6.54 Å². The fraction of sp³-hybridized carbons (Fsp3) is 0.571. The van der Waals surface area contributed by atoms with Crippen molar-refractivity contribution in [2.24, 2.45) is 12.5 Å². The van der Waals surface area contributed by atoms with E-state index >= 15 is 0 Å². The van der Waals surface area contributed by atoms with Gasteiger partial charge in [-0.3, -0.25) is 9.80 Å². The average molecular weight is 338 g/mol. The van der Waals surface area contributed by atoms with Crippen LogP contribution in [0.25, 0.3) is 0 Å². The lowest BCUT2D eigenvalue weighted by molar-refractivity contribution is 0.0862. The maximum absolute atomic E-state index is 4.50. The zero-order valence-electron chi connectivity index (χ0n) is 15.6. The molecule has 134 valence electrons. The van der Waals surface area contributed by atoms with E-state index < -0.39 is 0 Å². The topological polar surface area (TPSA) is 24.3 Å². The van der Waals surface area contributed by atoms with Gasteiger partial charge < -0.3 is 4.57 Å². The Balaban J connectivity index is 1.38. The van der Waals surface area contributed by atoms with Crippen LogP contribution in [0.5, 0.6) is 0 Å². The van der Waals surface area contributed by atoms with Crippen LogP contribution in [0.15, 0.2) is 36.7 Å². The van der Waals surface area contributed by atoms with E-state index in [1.54, 1.807) is 0 Å². The van der Waals surface area contributed by atoms with E-state index in [-0.39, 0.29) is 0 Å². The molecule has 0 amide bonds. The molecule has 2 aromatic rings. The SMILES string of the molecule is Cc1cccc(CN2CCCC3(CCN(Cc4nccn4C)C3)C2)c1. The summed E-state index contributed by atoms with van der Waals surface area (Å²) < 4.78 is 2.15. The van der Waals surface area contributed by atoms with Crippen LogP contribution in [0.3, 0.4) is 0 Å². The van der Waals surface area contributed by atoms with Crippen LogP contribution in [0.2, 0.25) is 0 Å². The van der Waals surface area contributed by atoms with Crippen LogP contribution in [0.1, 0.15) is 36.2 Å². The fourth-order valence-electron chi connectivity index (χ4n) is 4.76. The molecule has 1 unspecified atom stereocenters. The lowest BCUT2D eigenvalue weighted by Gasteiger charge is -2.40. The second-order valence-corrected chi connectivity index (χ2v) is 8.22. The first kappa shape index (κ1) is 16.8. The second-order valence-electron chi connectivity index (χ2n) is 8.22. The minimum atomic E-state index is 0.493. The number of nitrogens with zero attached hydrogens (tertiary/aromatic N) is 4. The van der Waals surface area contributed by atoms with E-state index in [9.17, 15) is 0 Å². The Labute approximate surface area is 151 Å². The van der Waals surface area contributed by atoms with E-state index in [0.29, 0.717) is 5.41 Å². The first-order valence-corrected chi connectivity index (χ1v) is 9.58. The fourth-order valence-corrected chi connectivity index (χ4v) is 4.76. The molecular weight excluding hydrogens is 308 g/mol. The van der Waals surface area contributed by atoms with Crippen LogP contribution in [-0.2, 0) is 20.1 Å². The molecule has 1 atom stereocenters. The van der Waals surface area contributed by atoms with Crippen molar-refractivity contribution >= 4 is 0 Å². The minimum Gasteiger partial charge on any atom is -0.337 e. The van der Waals surface area contributed by atoms with Crippen molar-refractivity contribution in [1.29, 1.82) is 0 Å². The average Bonchev–Trinajstić information content (AvgIpc) is 3.15. The molecule has 2 aliphatic rings. The van der Waals surface area contributed by atoms with E-state index in [2.05, 4.69) is 57.6 Å². The number of piperidine rings is 1. The molecule has 0 saturated carbocycles. The number of aryl methyl sites for hydroxylation is 2. The van der Waals surface area contributed by atoms with Crippen molar-refractivity contribution in [3.63, 3.8) is 0 Å². The molecular formula is C21H30N4. The van der Waals surface area contributed by atoms with E-state index in [4.69, 9.17) is 0 Å². The summed E-state index contributed by atoms with van der Waals surface area (Å²) in [5.74, 6) is 1.18. The molecule has 0 aliphatic carbocycles. The Morgan fingerprint density at radius 1 is 1.08 bits per heavy atom. The van der Waals surface area contributed by atoms with Gasteiger partial charge >= 0.3 is 0 Å². The number of imidazole rings is 1. The Morgan fingerprint density at radius 2 is 1.92 bits per heavy atom. The van der Waals surface area contributed by atoms with Gasteiger partial charge in [-0.15, -0.1) is 0 Å². The maximum atomic E-state index is 4.50. The van der Waals surface area contributed by atoms with E-state index in [0.717, 1.165) is 13.1 Å². The molecule has 2 aliphatic heterocycles. The molecule has 2 fully saturated rings. The molecule has 1 spiro atoms. The summed E-state index contributed by atoms with van der Waals surface area (Å²) in [6.45, 7) is 9.21. The Kier molecular flexibility index (Phi) is 4.65. The minimum absolute atomic E-state index is 0.493. The summed E-state index contributed by atoms with van der Waals surface area (Å²) >= 11 is 0. The number of hydrogen-bond donors (Lipinski definition) is 0. The lowest BCUT2D eigenvalue weighted by atomic mass is 9.79. The molecule has 25 heavy (non-hydrogen) atoms. The normalized spacial score (nSPS) is 25.0. The summed E-state index contributed by atoms with van der Waals surface area (Å²) in [5, 5.41) is 0. The predicted octanol–water partition coefficient (Wildman–Crippen LogP) is 3.22. The van der Waals surface area contributed by atoms with Crippen LogP contribution in [0.4, 0.5) is 0 Å². The van der Waals surface area contributed by atoms with Crippen LogP contribution in [0, 0.1) is 12.3 Å². The summed E-state index contributed by atoms with van der Waals surface area (Å²) in [6, 6.07) is 8.99. The Bertz CT molecular complexity index is 722. The first-order valence-electron chi connectivity index (χ1n) is 9.58. The third kappa shape index (κ3) is 3.80. The highest BCUT2D eigenvalue weighted by atomic mass is 15.2. The van der Waals surface area contributed by atoms with Gasteiger partial charge in [-0.25, -0.2) is 4.98 Å². The molecule has 2 saturated heterocycles. The van der Waals surface area contributed by atoms with Gasteiger partial charge in [0.1, 0.15) is 5.82 Å². The number of benzene rings is 1. The third-order valence-electron chi connectivity index (χ3n) is 6.03. The van der Waals surface area contributed by atoms with Crippen molar-refractivity contribution in [3.05, 3.63) is 53.6 Å². The summed E-state index contributed by atoms with van der Waals surface area (Å²) in [6.07, 6.45) is 8.01. The monoisotopic (exact) mass is 338 g/mol. The first-order chi connectivity index (χ1) is 12.1. The van der Waals surface area contributed by atoms with Crippen molar-refractivity contribution in [3.8, 4) is 0 Å². The Morgan fingerprint density at radius 3 is 2.68 bits per heavy atom. The van der Waals surface area contributed by atoms with Gasteiger partial charge in [0, 0.05) is 39.1 Å². The van der Waals surface area contributed by atoms with Gasteiger partial charge in [0.2, 0.25) is 0 Å². The van der Waals surface area contributed by atoms with Gasteiger partial charge in [-0.2, -0.15) is 0 Å². The van der Waals surface area contributed by atoms with Crippen LogP contribution in [-0.4, -0.2) is 45.5 Å². The van der Waals surface area contributed by atoms with Crippen molar-refractivity contribution in [2.45, 2.75) is 39.3 Å². The quantitative estimate of drug-likeness (QED) is 0.855. The lowest BCUT2D eigenvalue weighted by Crippen LogP contribution is -2.44. The van der Waals surface area contributed by atoms with Crippen LogP contribution >= 0.6 is 0 Å². The van der Waals surface area contributed by atoms with Gasteiger partial charge in [-0.05, 0) is 50.3 Å².